The second-order valence-electron chi connectivity index (χ2n) is 5.38. The van der Waals surface area contributed by atoms with Crippen molar-refractivity contribution in [2.45, 2.75) is 45.1 Å². The molecule has 2 rings (SSSR count). The van der Waals surface area contributed by atoms with E-state index >= 15 is 0 Å². The van der Waals surface area contributed by atoms with Gasteiger partial charge in [0.15, 0.2) is 0 Å². The van der Waals surface area contributed by atoms with E-state index in [2.05, 4.69) is 18.3 Å². The lowest BCUT2D eigenvalue weighted by molar-refractivity contribution is -0.384. The van der Waals surface area contributed by atoms with Gasteiger partial charge in [0, 0.05) is 18.2 Å². The molecule has 0 saturated heterocycles. The van der Waals surface area contributed by atoms with Crippen LogP contribution in [0.15, 0.2) is 35.9 Å². The Morgan fingerprint density at radius 3 is 2.65 bits per heavy atom. The van der Waals surface area contributed by atoms with Gasteiger partial charge in [-0.25, -0.2) is 0 Å². The van der Waals surface area contributed by atoms with Crippen molar-refractivity contribution in [2.75, 3.05) is 6.54 Å². The van der Waals surface area contributed by atoms with Crippen LogP contribution in [0.5, 0.6) is 0 Å². The molecule has 1 N–H and O–H groups in total. The monoisotopic (exact) mass is 274 g/mol. The number of rotatable bonds is 6. The van der Waals surface area contributed by atoms with E-state index in [9.17, 15) is 10.1 Å². The van der Waals surface area contributed by atoms with E-state index in [0.29, 0.717) is 0 Å². The smallest absolute Gasteiger partial charge is 0.269 e. The van der Waals surface area contributed by atoms with E-state index in [0.717, 1.165) is 18.5 Å². The fourth-order valence-corrected chi connectivity index (χ4v) is 2.58. The number of non-ortho nitro benzene ring substituents is 1. The highest BCUT2D eigenvalue weighted by molar-refractivity contribution is 5.34. The number of allylic oxidation sites excluding steroid dienone is 1. The Labute approximate surface area is 120 Å². The lowest BCUT2D eigenvalue weighted by Gasteiger charge is -2.16. The second kappa shape index (κ2) is 7.20. The highest BCUT2D eigenvalue weighted by Crippen LogP contribution is 2.21. The number of nitrogens with one attached hydrogen (secondary N) is 1. The van der Waals surface area contributed by atoms with E-state index in [-0.39, 0.29) is 16.7 Å². The van der Waals surface area contributed by atoms with Crippen molar-refractivity contribution in [1.82, 2.24) is 5.32 Å². The van der Waals surface area contributed by atoms with Crippen LogP contribution in [-0.4, -0.2) is 11.5 Å². The van der Waals surface area contributed by atoms with Gasteiger partial charge in [-0.05, 0) is 51.1 Å². The van der Waals surface area contributed by atoms with Gasteiger partial charge in [0.2, 0.25) is 0 Å². The summed E-state index contributed by atoms with van der Waals surface area (Å²) in [4.78, 5) is 10.2. The number of nitro benzene ring substituents is 1. The van der Waals surface area contributed by atoms with Gasteiger partial charge in [-0.1, -0.05) is 23.8 Å². The topological polar surface area (TPSA) is 55.2 Å². The van der Waals surface area contributed by atoms with Gasteiger partial charge in [0.05, 0.1) is 4.92 Å². The van der Waals surface area contributed by atoms with Crippen molar-refractivity contribution < 1.29 is 4.92 Å². The second-order valence-corrected chi connectivity index (χ2v) is 5.38. The predicted molar refractivity (Wildman–Crippen MR) is 80.7 cm³/mol. The molecule has 0 amide bonds. The van der Waals surface area contributed by atoms with Crippen LogP contribution in [0, 0.1) is 10.1 Å². The maximum absolute atomic E-state index is 10.6. The van der Waals surface area contributed by atoms with Crippen LogP contribution in [0.1, 0.15) is 50.6 Å². The van der Waals surface area contributed by atoms with E-state index in [1.54, 1.807) is 17.7 Å². The zero-order valence-electron chi connectivity index (χ0n) is 12.0. The number of nitrogens with zero attached hydrogens (tertiary/aromatic N) is 1. The van der Waals surface area contributed by atoms with E-state index in [1.165, 1.54) is 25.7 Å². The average molecular weight is 274 g/mol. The Kier molecular flexibility index (Phi) is 5.30. The minimum Gasteiger partial charge on any atom is -0.310 e. The third-order valence-electron chi connectivity index (χ3n) is 3.89. The van der Waals surface area contributed by atoms with Crippen LogP contribution in [0.3, 0.4) is 0 Å². The third kappa shape index (κ3) is 4.17. The van der Waals surface area contributed by atoms with Crippen LogP contribution >= 0.6 is 0 Å². The zero-order chi connectivity index (χ0) is 14.4. The van der Waals surface area contributed by atoms with Crippen LogP contribution < -0.4 is 5.32 Å². The minimum absolute atomic E-state index is 0.147. The standard InChI is InChI=1S/C16H22N2O2/c1-13(15-7-9-16(10-8-15)18(19)20)17-12-11-14-5-3-2-4-6-14/h5,7-10,13,17H,2-4,6,11-12H2,1H3. The van der Waals surface area contributed by atoms with Crippen molar-refractivity contribution >= 4 is 5.69 Å². The molecule has 0 bridgehead atoms. The molecule has 20 heavy (non-hydrogen) atoms. The van der Waals surface area contributed by atoms with Crippen molar-refractivity contribution in [3.05, 3.63) is 51.6 Å². The number of hydrogen-bond acceptors (Lipinski definition) is 3. The number of benzene rings is 1. The van der Waals surface area contributed by atoms with Gasteiger partial charge >= 0.3 is 0 Å². The molecule has 1 unspecified atom stereocenters. The molecule has 1 atom stereocenters. The summed E-state index contributed by atoms with van der Waals surface area (Å²) in [6.45, 7) is 3.06. The molecule has 108 valence electrons. The summed E-state index contributed by atoms with van der Waals surface area (Å²) in [5.74, 6) is 0. The number of nitro groups is 1. The first-order valence-electron chi connectivity index (χ1n) is 7.32. The maximum atomic E-state index is 10.6. The predicted octanol–water partition coefficient (Wildman–Crippen LogP) is 4.14. The van der Waals surface area contributed by atoms with E-state index in [4.69, 9.17) is 0 Å². The fraction of sp³-hybridized carbons (Fsp3) is 0.500. The van der Waals surface area contributed by atoms with Crippen LogP contribution in [0.2, 0.25) is 0 Å². The van der Waals surface area contributed by atoms with Gasteiger partial charge in [-0.15, -0.1) is 0 Å². The molecule has 0 aromatic heterocycles. The molecule has 4 nitrogen and oxygen atoms in total. The first-order chi connectivity index (χ1) is 9.66. The average Bonchev–Trinajstić information content (AvgIpc) is 2.48. The summed E-state index contributed by atoms with van der Waals surface area (Å²) >= 11 is 0. The summed E-state index contributed by atoms with van der Waals surface area (Å²) in [5.41, 5.74) is 2.81. The van der Waals surface area contributed by atoms with Crippen molar-refractivity contribution in [1.29, 1.82) is 0 Å². The fourth-order valence-electron chi connectivity index (χ4n) is 2.58. The molecule has 1 aromatic carbocycles. The molecule has 0 spiro atoms. The van der Waals surface area contributed by atoms with Crippen molar-refractivity contribution in [3.8, 4) is 0 Å². The Bertz CT molecular complexity index is 480. The van der Waals surface area contributed by atoms with Crippen LogP contribution in [0.25, 0.3) is 0 Å². The molecule has 1 aliphatic carbocycles. The van der Waals surface area contributed by atoms with Gasteiger partial charge < -0.3 is 5.32 Å². The lowest BCUT2D eigenvalue weighted by Crippen LogP contribution is -2.20. The molecule has 1 aromatic rings. The Morgan fingerprint density at radius 1 is 1.30 bits per heavy atom. The van der Waals surface area contributed by atoms with Gasteiger partial charge in [-0.2, -0.15) is 0 Å². The van der Waals surface area contributed by atoms with Gasteiger partial charge in [0.1, 0.15) is 0 Å². The molecule has 1 aliphatic rings. The third-order valence-corrected chi connectivity index (χ3v) is 3.89. The summed E-state index contributed by atoms with van der Waals surface area (Å²) in [5, 5.41) is 14.1. The molecule has 4 heteroatoms. The quantitative estimate of drug-likeness (QED) is 0.482. The summed E-state index contributed by atoms with van der Waals surface area (Å²) in [6.07, 6.45) is 8.61. The SMILES string of the molecule is CC(NCCC1=CCCCC1)c1ccc([N+](=O)[O-])cc1. The molecular formula is C16H22N2O2. The first kappa shape index (κ1) is 14.7. The largest absolute Gasteiger partial charge is 0.310 e. The molecule has 0 aliphatic heterocycles. The van der Waals surface area contributed by atoms with Crippen molar-refractivity contribution in [3.63, 3.8) is 0 Å². The van der Waals surface area contributed by atoms with Gasteiger partial charge in [0.25, 0.3) is 5.69 Å². The molecule has 0 saturated carbocycles. The summed E-state index contributed by atoms with van der Waals surface area (Å²) in [7, 11) is 0. The van der Waals surface area contributed by atoms with Crippen LogP contribution in [0.4, 0.5) is 5.69 Å². The van der Waals surface area contributed by atoms with Gasteiger partial charge in [-0.3, -0.25) is 10.1 Å². The zero-order valence-corrected chi connectivity index (χ0v) is 12.0. The van der Waals surface area contributed by atoms with E-state index in [1.807, 2.05) is 12.1 Å². The molecule has 0 radical (unpaired) electrons. The molecule has 0 heterocycles. The highest BCUT2D eigenvalue weighted by Gasteiger charge is 2.09. The summed E-state index contributed by atoms with van der Waals surface area (Å²) < 4.78 is 0. The normalized spacial score (nSPS) is 16.6. The Hall–Kier alpha value is -1.68. The lowest BCUT2D eigenvalue weighted by atomic mass is 9.97. The first-order valence-corrected chi connectivity index (χ1v) is 7.32. The van der Waals surface area contributed by atoms with E-state index < -0.39 is 0 Å². The summed E-state index contributed by atoms with van der Waals surface area (Å²) in [6, 6.07) is 7.01. The Morgan fingerprint density at radius 2 is 2.05 bits per heavy atom. The minimum atomic E-state index is -0.364. The maximum Gasteiger partial charge on any atom is 0.269 e. The highest BCUT2D eigenvalue weighted by atomic mass is 16.6. The van der Waals surface area contributed by atoms with Crippen LogP contribution in [-0.2, 0) is 0 Å². The molecular weight excluding hydrogens is 252 g/mol. The van der Waals surface area contributed by atoms with Crippen molar-refractivity contribution in [2.24, 2.45) is 0 Å². The number of hydrogen-bond donors (Lipinski definition) is 1. The Balaban J connectivity index is 1.80. The molecule has 0 fully saturated rings.